The smallest absolute Gasteiger partial charge is 0.228 e. The van der Waals surface area contributed by atoms with Gasteiger partial charge in [0, 0.05) is 17.6 Å². The topological polar surface area (TPSA) is 60.5 Å². The summed E-state index contributed by atoms with van der Waals surface area (Å²) in [6.45, 7) is 3.93. The maximum atomic E-state index is 12.0. The van der Waals surface area contributed by atoms with E-state index in [1.807, 2.05) is 5.38 Å². The number of hydrogen-bond donors (Lipinski definition) is 1. The van der Waals surface area contributed by atoms with Crippen molar-refractivity contribution in [1.82, 2.24) is 4.98 Å². The number of anilines is 1. The molecule has 0 aliphatic carbocycles. The highest BCUT2D eigenvalue weighted by Gasteiger charge is 2.15. The van der Waals surface area contributed by atoms with Crippen LogP contribution < -0.4 is 5.32 Å². The third-order valence-electron chi connectivity index (χ3n) is 4.21. The highest BCUT2D eigenvalue weighted by atomic mass is 32.1. The lowest BCUT2D eigenvalue weighted by Gasteiger charge is -2.09. The molecule has 1 fully saturated rings. The number of carbonyl (C=O) groups excluding carboxylic acids is 1. The summed E-state index contributed by atoms with van der Waals surface area (Å²) in [5, 5.41) is 5.43. The normalized spacial score (nSPS) is 16.9. The Hall–Kier alpha value is -1.76. The summed E-state index contributed by atoms with van der Waals surface area (Å²) in [4.78, 5) is 16.5. The van der Waals surface area contributed by atoms with Crippen LogP contribution in [0, 0.1) is 0 Å². The summed E-state index contributed by atoms with van der Waals surface area (Å²) >= 11 is 1.44. The molecule has 0 spiro atoms. The first-order chi connectivity index (χ1) is 12.2. The molecule has 1 atom stereocenters. The zero-order valence-electron chi connectivity index (χ0n) is 14.5. The fraction of sp³-hybridized carbons (Fsp3) is 0.474. The average molecular weight is 360 g/mol. The Labute approximate surface area is 152 Å². The van der Waals surface area contributed by atoms with E-state index < -0.39 is 0 Å². The largest absolute Gasteiger partial charge is 0.378 e. The second-order valence-corrected chi connectivity index (χ2v) is 6.95. The van der Waals surface area contributed by atoms with Crippen LogP contribution in [0.1, 0.15) is 31.7 Å². The number of hydrogen-bond acceptors (Lipinski definition) is 5. The van der Waals surface area contributed by atoms with Gasteiger partial charge < -0.3 is 14.8 Å². The molecule has 3 rings (SSSR count). The molecule has 5 nitrogen and oxygen atoms in total. The number of aryl methyl sites for hydroxylation is 1. The molecule has 1 saturated heterocycles. The van der Waals surface area contributed by atoms with E-state index in [0.29, 0.717) is 24.8 Å². The molecule has 1 N–H and O–H groups in total. The molecule has 0 bridgehead atoms. The first kappa shape index (κ1) is 18.0. The van der Waals surface area contributed by atoms with Crippen molar-refractivity contribution in [2.45, 2.75) is 38.7 Å². The van der Waals surface area contributed by atoms with Crippen molar-refractivity contribution in [2.75, 3.05) is 25.1 Å². The van der Waals surface area contributed by atoms with E-state index in [4.69, 9.17) is 9.47 Å². The van der Waals surface area contributed by atoms with Crippen LogP contribution in [0.15, 0.2) is 29.6 Å². The average Bonchev–Trinajstić information content (AvgIpc) is 3.31. The van der Waals surface area contributed by atoms with Gasteiger partial charge in [-0.25, -0.2) is 4.98 Å². The van der Waals surface area contributed by atoms with Crippen molar-refractivity contribution in [3.8, 4) is 11.3 Å². The Balaban J connectivity index is 1.43. The van der Waals surface area contributed by atoms with Crippen molar-refractivity contribution in [1.29, 1.82) is 0 Å². The summed E-state index contributed by atoms with van der Waals surface area (Å²) in [7, 11) is 0. The quantitative estimate of drug-likeness (QED) is 0.726. The van der Waals surface area contributed by atoms with Gasteiger partial charge in [0.1, 0.15) is 0 Å². The molecule has 1 aliphatic heterocycles. The number of ether oxygens (including phenoxy) is 2. The summed E-state index contributed by atoms with van der Waals surface area (Å²) in [5.74, 6) is -0.0745. The first-order valence-electron chi connectivity index (χ1n) is 8.78. The molecule has 1 aromatic heterocycles. The Bertz CT molecular complexity index is 678. The number of thiazole rings is 1. The van der Waals surface area contributed by atoms with Crippen molar-refractivity contribution in [3.05, 3.63) is 35.2 Å². The molecular formula is C19H24N2O3S. The van der Waals surface area contributed by atoms with Gasteiger partial charge in [0.15, 0.2) is 5.13 Å². The maximum absolute atomic E-state index is 12.0. The van der Waals surface area contributed by atoms with Crippen molar-refractivity contribution in [3.63, 3.8) is 0 Å². The molecule has 1 unspecified atom stereocenters. The molecule has 0 radical (unpaired) electrons. The predicted molar refractivity (Wildman–Crippen MR) is 100.0 cm³/mol. The Morgan fingerprint density at radius 2 is 2.24 bits per heavy atom. The van der Waals surface area contributed by atoms with E-state index in [-0.39, 0.29) is 12.0 Å². The highest BCUT2D eigenvalue weighted by molar-refractivity contribution is 7.14. The third-order valence-corrected chi connectivity index (χ3v) is 4.97. The van der Waals surface area contributed by atoms with Crippen LogP contribution in [0.4, 0.5) is 5.13 Å². The van der Waals surface area contributed by atoms with Gasteiger partial charge >= 0.3 is 0 Å². The van der Waals surface area contributed by atoms with Crippen LogP contribution in [-0.2, 0) is 20.7 Å². The molecule has 1 aliphatic rings. The number of aromatic nitrogens is 1. The summed E-state index contributed by atoms with van der Waals surface area (Å²) in [5.41, 5.74) is 3.25. The predicted octanol–water partition coefficient (Wildman–Crippen LogP) is 3.90. The van der Waals surface area contributed by atoms with Gasteiger partial charge in [-0.2, -0.15) is 0 Å². The van der Waals surface area contributed by atoms with E-state index in [0.717, 1.165) is 37.1 Å². The SMILES string of the molecule is CCc1ccc(-c2csc(NC(=O)CCOCC3CCCO3)n2)cc1. The zero-order valence-corrected chi connectivity index (χ0v) is 15.3. The fourth-order valence-corrected chi connectivity index (χ4v) is 3.45. The minimum Gasteiger partial charge on any atom is -0.378 e. The number of nitrogens with one attached hydrogen (secondary N) is 1. The molecule has 0 saturated carbocycles. The minimum absolute atomic E-state index is 0.0745. The van der Waals surface area contributed by atoms with Gasteiger partial charge in [0.05, 0.1) is 31.4 Å². The van der Waals surface area contributed by atoms with Gasteiger partial charge in [-0.15, -0.1) is 11.3 Å². The highest BCUT2D eigenvalue weighted by Crippen LogP contribution is 2.25. The Morgan fingerprint density at radius 1 is 1.40 bits per heavy atom. The summed E-state index contributed by atoms with van der Waals surface area (Å²) in [6.07, 6.45) is 3.69. The van der Waals surface area contributed by atoms with Gasteiger partial charge in [0.2, 0.25) is 5.91 Å². The van der Waals surface area contributed by atoms with Crippen molar-refractivity contribution >= 4 is 22.4 Å². The lowest BCUT2D eigenvalue weighted by Crippen LogP contribution is -2.18. The fourth-order valence-electron chi connectivity index (χ4n) is 2.71. The van der Waals surface area contributed by atoms with E-state index in [9.17, 15) is 4.79 Å². The molecule has 2 heterocycles. The number of carbonyl (C=O) groups is 1. The second kappa shape index (κ2) is 9.08. The number of amides is 1. The van der Waals surface area contributed by atoms with Gasteiger partial charge in [-0.3, -0.25) is 4.79 Å². The standard InChI is InChI=1S/C19H24N2O3S/c1-2-14-5-7-15(8-6-14)17-13-25-19(20-17)21-18(22)9-11-23-12-16-4-3-10-24-16/h5-8,13,16H,2-4,9-12H2,1H3,(H,20,21,22). The molecule has 1 amide bonds. The molecule has 2 aromatic rings. The Kier molecular flexibility index (Phi) is 6.55. The summed E-state index contributed by atoms with van der Waals surface area (Å²) < 4.78 is 11.0. The van der Waals surface area contributed by atoms with Crippen molar-refractivity contribution in [2.24, 2.45) is 0 Å². The van der Waals surface area contributed by atoms with Crippen LogP contribution in [0.2, 0.25) is 0 Å². The van der Waals surface area contributed by atoms with E-state index in [2.05, 4.69) is 41.5 Å². The number of nitrogens with zero attached hydrogens (tertiary/aromatic N) is 1. The Morgan fingerprint density at radius 3 is 2.96 bits per heavy atom. The monoisotopic (exact) mass is 360 g/mol. The van der Waals surface area contributed by atoms with Crippen LogP contribution in [0.5, 0.6) is 0 Å². The lowest BCUT2D eigenvalue weighted by molar-refractivity contribution is -0.117. The molecular weight excluding hydrogens is 336 g/mol. The number of benzene rings is 1. The maximum Gasteiger partial charge on any atom is 0.228 e. The van der Waals surface area contributed by atoms with Crippen LogP contribution >= 0.6 is 11.3 Å². The second-order valence-electron chi connectivity index (χ2n) is 6.10. The van der Waals surface area contributed by atoms with E-state index in [1.165, 1.54) is 16.9 Å². The van der Waals surface area contributed by atoms with Crippen LogP contribution in [-0.4, -0.2) is 36.8 Å². The first-order valence-corrected chi connectivity index (χ1v) is 9.66. The van der Waals surface area contributed by atoms with Gasteiger partial charge in [0.25, 0.3) is 0 Å². The van der Waals surface area contributed by atoms with E-state index in [1.54, 1.807) is 0 Å². The zero-order chi connectivity index (χ0) is 17.5. The van der Waals surface area contributed by atoms with Crippen LogP contribution in [0.3, 0.4) is 0 Å². The van der Waals surface area contributed by atoms with Crippen LogP contribution in [0.25, 0.3) is 11.3 Å². The molecule has 6 heteroatoms. The minimum atomic E-state index is -0.0745. The summed E-state index contributed by atoms with van der Waals surface area (Å²) in [6, 6.07) is 8.35. The van der Waals surface area contributed by atoms with Gasteiger partial charge in [-0.05, 0) is 24.8 Å². The molecule has 134 valence electrons. The lowest BCUT2D eigenvalue weighted by atomic mass is 10.1. The van der Waals surface area contributed by atoms with E-state index >= 15 is 0 Å². The van der Waals surface area contributed by atoms with Crippen molar-refractivity contribution < 1.29 is 14.3 Å². The third kappa shape index (κ3) is 5.36. The number of rotatable bonds is 8. The molecule has 1 aromatic carbocycles. The molecule has 25 heavy (non-hydrogen) atoms. The van der Waals surface area contributed by atoms with Gasteiger partial charge in [-0.1, -0.05) is 31.2 Å².